The zero-order chi connectivity index (χ0) is 14.7. The van der Waals surface area contributed by atoms with E-state index in [0.717, 1.165) is 5.69 Å². The largest absolute Gasteiger partial charge is 0.381 e. The van der Waals surface area contributed by atoms with Crippen molar-refractivity contribution in [3.05, 3.63) is 28.8 Å². The molecule has 1 saturated carbocycles. The van der Waals surface area contributed by atoms with Gasteiger partial charge in [0.25, 0.3) is 5.91 Å². The molecule has 4 heteroatoms. The van der Waals surface area contributed by atoms with E-state index < -0.39 is 0 Å². The first-order valence-electron chi connectivity index (χ1n) is 7.31. The van der Waals surface area contributed by atoms with Crippen LogP contribution in [0.15, 0.2) is 18.2 Å². The Balaban J connectivity index is 2.21. The molecule has 110 valence electrons. The lowest BCUT2D eigenvalue weighted by Crippen LogP contribution is -2.37. The third kappa shape index (κ3) is 3.26. The van der Waals surface area contributed by atoms with Gasteiger partial charge in [0.2, 0.25) is 0 Å². The Bertz CT molecular complexity index is 479. The van der Waals surface area contributed by atoms with Crippen LogP contribution in [0.4, 0.5) is 5.69 Å². The molecule has 0 saturated heterocycles. The van der Waals surface area contributed by atoms with Gasteiger partial charge in [0, 0.05) is 18.7 Å². The minimum Gasteiger partial charge on any atom is -0.381 e. The van der Waals surface area contributed by atoms with Gasteiger partial charge in [-0.2, -0.15) is 0 Å². The molecule has 0 heterocycles. The van der Waals surface area contributed by atoms with Crippen molar-refractivity contribution in [1.29, 1.82) is 0 Å². The molecule has 0 spiro atoms. The van der Waals surface area contributed by atoms with E-state index in [9.17, 15) is 4.79 Å². The molecule has 1 aromatic rings. The number of carbonyl (C=O) groups excluding carboxylic acids is 1. The summed E-state index contributed by atoms with van der Waals surface area (Å²) in [6.07, 6.45) is 3.79. The Hall–Kier alpha value is -1.22. The van der Waals surface area contributed by atoms with Crippen molar-refractivity contribution in [2.75, 3.05) is 12.4 Å². The third-order valence-corrected chi connectivity index (χ3v) is 4.65. The minimum absolute atomic E-state index is 0.0885. The molecular formula is C16H23ClN2O. The number of hydrogen-bond acceptors (Lipinski definition) is 2. The Morgan fingerprint density at radius 2 is 1.90 bits per heavy atom. The van der Waals surface area contributed by atoms with E-state index in [-0.39, 0.29) is 5.91 Å². The summed E-state index contributed by atoms with van der Waals surface area (Å²) in [6, 6.07) is 5.79. The van der Waals surface area contributed by atoms with E-state index in [1.165, 1.54) is 19.3 Å². The van der Waals surface area contributed by atoms with Gasteiger partial charge in [-0.05, 0) is 42.9 Å². The molecule has 20 heavy (non-hydrogen) atoms. The predicted molar refractivity (Wildman–Crippen MR) is 84.4 cm³/mol. The van der Waals surface area contributed by atoms with Gasteiger partial charge in [0.05, 0.1) is 10.7 Å². The van der Waals surface area contributed by atoms with Gasteiger partial charge in [0.1, 0.15) is 0 Å². The highest BCUT2D eigenvalue weighted by Crippen LogP contribution is 2.33. The van der Waals surface area contributed by atoms with Crippen LogP contribution in [0, 0.1) is 11.8 Å². The maximum atomic E-state index is 11.7. The summed E-state index contributed by atoms with van der Waals surface area (Å²) in [5.41, 5.74) is 1.49. The van der Waals surface area contributed by atoms with Crippen molar-refractivity contribution in [3.8, 4) is 0 Å². The van der Waals surface area contributed by atoms with E-state index >= 15 is 0 Å². The van der Waals surface area contributed by atoms with Gasteiger partial charge < -0.3 is 10.6 Å². The van der Waals surface area contributed by atoms with Gasteiger partial charge >= 0.3 is 0 Å². The number of anilines is 1. The SMILES string of the molecule is CNC(=O)c1ccc(Cl)c(NC2C(C)CCCC2C)c1. The molecule has 0 radical (unpaired) electrons. The summed E-state index contributed by atoms with van der Waals surface area (Å²) in [4.78, 5) is 11.7. The first kappa shape index (κ1) is 15.2. The highest BCUT2D eigenvalue weighted by atomic mass is 35.5. The first-order chi connectivity index (χ1) is 9.52. The Kier molecular flexibility index (Phi) is 4.92. The molecule has 2 atom stereocenters. The molecule has 2 unspecified atom stereocenters. The van der Waals surface area contributed by atoms with Crippen LogP contribution in [-0.4, -0.2) is 19.0 Å². The summed E-state index contributed by atoms with van der Waals surface area (Å²) in [6.45, 7) is 4.56. The summed E-state index contributed by atoms with van der Waals surface area (Å²) < 4.78 is 0. The molecular weight excluding hydrogens is 272 g/mol. The molecule has 0 aromatic heterocycles. The van der Waals surface area contributed by atoms with E-state index in [0.29, 0.717) is 28.5 Å². The molecule has 0 bridgehead atoms. The lowest BCUT2D eigenvalue weighted by atomic mass is 9.78. The average molecular weight is 295 g/mol. The van der Waals surface area contributed by atoms with Crippen molar-refractivity contribution in [2.24, 2.45) is 11.8 Å². The number of benzene rings is 1. The second-order valence-electron chi connectivity index (χ2n) is 5.83. The van der Waals surface area contributed by atoms with Crippen LogP contribution in [0.1, 0.15) is 43.5 Å². The van der Waals surface area contributed by atoms with Crippen LogP contribution >= 0.6 is 11.6 Å². The number of rotatable bonds is 3. The van der Waals surface area contributed by atoms with E-state index in [1.807, 2.05) is 6.07 Å². The van der Waals surface area contributed by atoms with Gasteiger partial charge in [-0.25, -0.2) is 0 Å². The van der Waals surface area contributed by atoms with Crippen LogP contribution in [0.2, 0.25) is 5.02 Å². The topological polar surface area (TPSA) is 41.1 Å². The smallest absolute Gasteiger partial charge is 0.251 e. The molecule has 2 rings (SSSR count). The molecule has 1 aliphatic rings. The highest BCUT2D eigenvalue weighted by molar-refractivity contribution is 6.33. The van der Waals surface area contributed by atoms with Crippen molar-refractivity contribution < 1.29 is 4.79 Å². The van der Waals surface area contributed by atoms with Gasteiger partial charge in [-0.1, -0.05) is 31.9 Å². The first-order valence-corrected chi connectivity index (χ1v) is 7.69. The lowest BCUT2D eigenvalue weighted by Gasteiger charge is -2.36. The average Bonchev–Trinajstić information content (AvgIpc) is 2.44. The molecule has 1 aliphatic carbocycles. The van der Waals surface area contributed by atoms with E-state index in [2.05, 4.69) is 24.5 Å². The normalized spacial score (nSPS) is 26.1. The summed E-state index contributed by atoms with van der Waals surface area (Å²) >= 11 is 6.26. The van der Waals surface area contributed by atoms with Crippen molar-refractivity contribution in [1.82, 2.24) is 5.32 Å². The molecule has 0 aliphatic heterocycles. The number of hydrogen-bond donors (Lipinski definition) is 2. The fraction of sp³-hybridized carbons (Fsp3) is 0.562. The second-order valence-corrected chi connectivity index (χ2v) is 6.24. The summed E-state index contributed by atoms with van der Waals surface area (Å²) in [5.74, 6) is 1.16. The van der Waals surface area contributed by atoms with Gasteiger partial charge in [-0.3, -0.25) is 4.79 Å². The highest BCUT2D eigenvalue weighted by Gasteiger charge is 2.28. The van der Waals surface area contributed by atoms with Crippen molar-refractivity contribution >= 4 is 23.2 Å². The van der Waals surface area contributed by atoms with E-state index in [4.69, 9.17) is 11.6 Å². The zero-order valence-electron chi connectivity index (χ0n) is 12.4. The number of nitrogens with one attached hydrogen (secondary N) is 2. The summed E-state index contributed by atoms with van der Waals surface area (Å²) in [7, 11) is 1.63. The fourth-order valence-corrected chi connectivity index (χ4v) is 3.24. The van der Waals surface area contributed by atoms with Crippen LogP contribution in [0.3, 0.4) is 0 Å². The maximum Gasteiger partial charge on any atom is 0.251 e. The predicted octanol–water partition coefficient (Wildman–Crippen LogP) is 3.94. The Morgan fingerprint density at radius 3 is 2.50 bits per heavy atom. The van der Waals surface area contributed by atoms with Crippen LogP contribution in [0.5, 0.6) is 0 Å². The molecule has 1 aromatic carbocycles. The molecule has 3 nitrogen and oxygen atoms in total. The minimum atomic E-state index is -0.0885. The van der Waals surface area contributed by atoms with Gasteiger partial charge in [0.15, 0.2) is 0 Å². The van der Waals surface area contributed by atoms with Crippen LogP contribution in [0.25, 0.3) is 0 Å². The third-order valence-electron chi connectivity index (χ3n) is 4.32. The zero-order valence-corrected chi connectivity index (χ0v) is 13.1. The number of amides is 1. The van der Waals surface area contributed by atoms with Crippen molar-refractivity contribution in [2.45, 2.75) is 39.2 Å². The van der Waals surface area contributed by atoms with Crippen LogP contribution < -0.4 is 10.6 Å². The van der Waals surface area contributed by atoms with E-state index in [1.54, 1.807) is 19.2 Å². The quantitative estimate of drug-likeness (QED) is 0.886. The van der Waals surface area contributed by atoms with Crippen molar-refractivity contribution in [3.63, 3.8) is 0 Å². The Labute approximate surface area is 126 Å². The second kappa shape index (κ2) is 6.49. The van der Waals surface area contributed by atoms with Crippen LogP contribution in [-0.2, 0) is 0 Å². The standard InChI is InChI=1S/C16H23ClN2O/c1-10-5-4-6-11(2)15(10)19-14-9-12(16(20)18-3)7-8-13(14)17/h7-11,15,19H,4-6H2,1-3H3,(H,18,20). The Morgan fingerprint density at radius 1 is 1.25 bits per heavy atom. The number of halogens is 1. The molecule has 1 amide bonds. The fourth-order valence-electron chi connectivity index (χ4n) is 3.07. The molecule has 1 fully saturated rings. The van der Waals surface area contributed by atoms with Gasteiger partial charge in [-0.15, -0.1) is 0 Å². The number of carbonyl (C=O) groups is 1. The molecule has 2 N–H and O–H groups in total. The maximum absolute atomic E-state index is 11.7. The monoisotopic (exact) mass is 294 g/mol. The lowest BCUT2D eigenvalue weighted by molar-refractivity contribution is 0.0963. The summed E-state index contributed by atoms with van der Waals surface area (Å²) in [5, 5.41) is 6.86.